The molecule has 1 aromatic heterocycles. The van der Waals surface area contributed by atoms with Gasteiger partial charge >= 0.3 is 0 Å². The summed E-state index contributed by atoms with van der Waals surface area (Å²) in [6.45, 7) is 4.49. The molecule has 0 amide bonds. The van der Waals surface area contributed by atoms with Gasteiger partial charge in [-0.3, -0.25) is 0 Å². The minimum atomic E-state index is 0.429. The van der Waals surface area contributed by atoms with E-state index in [1.54, 1.807) is 0 Å². The monoisotopic (exact) mass is 409 g/mol. The van der Waals surface area contributed by atoms with Crippen LogP contribution in [0.4, 0.5) is 5.82 Å². The van der Waals surface area contributed by atoms with Crippen molar-refractivity contribution in [2.45, 2.75) is 37.2 Å². The maximum Gasteiger partial charge on any atom is 0.145 e. The van der Waals surface area contributed by atoms with Crippen molar-refractivity contribution in [3.05, 3.63) is 15.1 Å². The highest BCUT2D eigenvalue weighted by Gasteiger charge is 2.27. The Bertz CT molecular complexity index is 442. The van der Waals surface area contributed by atoms with Gasteiger partial charge in [-0.1, -0.05) is 20.3 Å². The summed E-state index contributed by atoms with van der Waals surface area (Å²) in [5.41, 5.74) is 1.20. The summed E-state index contributed by atoms with van der Waals surface area (Å²) in [5.74, 6) is 4.44. The Balaban J connectivity index is 2.36. The fourth-order valence-electron chi connectivity index (χ4n) is 2.12. The van der Waals surface area contributed by atoms with Gasteiger partial charge in [0, 0.05) is 23.8 Å². The molecule has 2 atom stereocenters. The minimum absolute atomic E-state index is 0.429. The molecule has 2 heterocycles. The molecule has 1 saturated heterocycles. The van der Waals surface area contributed by atoms with Gasteiger partial charge in [-0.15, -0.1) is 11.8 Å². The van der Waals surface area contributed by atoms with Crippen molar-refractivity contribution in [3.8, 4) is 0 Å². The van der Waals surface area contributed by atoms with Crippen LogP contribution in [0.5, 0.6) is 0 Å². The Morgan fingerprint density at radius 1 is 1.32 bits per heavy atom. The molecule has 0 radical (unpaired) electrons. The zero-order chi connectivity index (χ0) is 13.8. The second-order valence-electron chi connectivity index (χ2n) is 4.56. The number of aromatic nitrogens is 2. The Morgan fingerprint density at radius 2 is 2.05 bits per heavy atom. The topological polar surface area (TPSA) is 37.8 Å². The van der Waals surface area contributed by atoms with Crippen LogP contribution >= 0.6 is 46.1 Å². The van der Waals surface area contributed by atoms with E-state index in [2.05, 4.69) is 41.8 Å². The maximum absolute atomic E-state index is 4.85. The lowest BCUT2D eigenvalue weighted by Gasteiger charge is -2.27. The number of aryl methyl sites for hydroxylation is 1. The van der Waals surface area contributed by atoms with E-state index in [0.29, 0.717) is 10.5 Å². The third kappa shape index (κ3) is 3.69. The first-order chi connectivity index (χ1) is 9.17. The maximum atomic E-state index is 4.85. The molecule has 1 N–H and O–H groups in total. The highest BCUT2D eigenvalue weighted by atomic mass is 127. The van der Waals surface area contributed by atoms with Gasteiger partial charge in [-0.2, -0.15) is 11.8 Å². The molecule has 1 aliphatic heterocycles. The third-order valence-electron chi connectivity index (χ3n) is 3.10. The molecule has 0 aromatic carbocycles. The quantitative estimate of drug-likeness (QED) is 0.762. The number of hydrogen-bond donors (Lipinski definition) is 1. The van der Waals surface area contributed by atoms with E-state index in [4.69, 9.17) is 9.97 Å². The molecule has 106 valence electrons. The van der Waals surface area contributed by atoms with Crippen molar-refractivity contribution in [2.24, 2.45) is 0 Å². The molecule has 1 fully saturated rings. The molecule has 3 nitrogen and oxygen atoms in total. The zero-order valence-corrected chi connectivity index (χ0v) is 15.4. The van der Waals surface area contributed by atoms with Gasteiger partial charge in [-0.05, 0) is 29.0 Å². The van der Waals surface area contributed by atoms with Crippen molar-refractivity contribution in [1.29, 1.82) is 0 Å². The summed E-state index contributed by atoms with van der Waals surface area (Å²) in [6, 6.07) is 0. The van der Waals surface area contributed by atoms with Crippen LogP contribution in [0.15, 0.2) is 0 Å². The Labute approximate surface area is 137 Å². The van der Waals surface area contributed by atoms with Gasteiger partial charge in [0.15, 0.2) is 0 Å². The second kappa shape index (κ2) is 7.36. The molecule has 2 rings (SSSR count). The van der Waals surface area contributed by atoms with E-state index >= 15 is 0 Å². The predicted octanol–water partition coefficient (Wildman–Crippen LogP) is 3.99. The van der Waals surface area contributed by atoms with Crippen LogP contribution in [0, 0.1) is 3.57 Å². The predicted molar refractivity (Wildman–Crippen MR) is 95.4 cm³/mol. The van der Waals surface area contributed by atoms with E-state index in [1.807, 2.05) is 30.6 Å². The van der Waals surface area contributed by atoms with Gasteiger partial charge in [0.1, 0.15) is 11.6 Å². The summed E-state index contributed by atoms with van der Waals surface area (Å²) < 4.78 is 1.17. The van der Waals surface area contributed by atoms with Gasteiger partial charge < -0.3 is 5.32 Å². The van der Waals surface area contributed by atoms with E-state index in [1.165, 1.54) is 20.8 Å². The van der Waals surface area contributed by atoms with Gasteiger partial charge in [0.25, 0.3) is 0 Å². The summed E-state index contributed by atoms with van der Waals surface area (Å²) in [4.78, 5) is 9.60. The highest BCUT2D eigenvalue weighted by Crippen LogP contribution is 2.41. The number of nitrogens with one attached hydrogen (secondary N) is 1. The van der Waals surface area contributed by atoms with Crippen molar-refractivity contribution in [1.82, 2.24) is 9.97 Å². The molecular weight excluding hydrogens is 389 g/mol. The number of halogens is 1. The van der Waals surface area contributed by atoms with Crippen LogP contribution < -0.4 is 5.32 Å². The average Bonchev–Trinajstić information content (AvgIpc) is 2.42. The fourth-order valence-corrected chi connectivity index (χ4v) is 5.59. The van der Waals surface area contributed by atoms with Crippen molar-refractivity contribution >= 4 is 51.9 Å². The first kappa shape index (κ1) is 15.7. The van der Waals surface area contributed by atoms with Crippen LogP contribution in [-0.2, 0) is 6.42 Å². The van der Waals surface area contributed by atoms with Gasteiger partial charge in [0.2, 0.25) is 0 Å². The minimum Gasteiger partial charge on any atom is -0.372 e. The lowest BCUT2D eigenvalue weighted by atomic mass is 10.2. The fraction of sp³-hybridized carbons (Fsp3) is 0.692. The van der Waals surface area contributed by atoms with E-state index in [9.17, 15) is 0 Å². The standard InChI is InChI=1S/C13H20IN3S2/c1-4-5-9-10(14)12(15-3)17-13(16-9)11-8(2)18-6-7-19-11/h8,11H,4-7H2,1-3H3,(H,15,16,17). The number of anilines is 1. The first-order valence-electron chi connectivity index (χ1n) is 6.64. The van der Waals surface area contributed by atoms with E-state index < -0.39 is 0 Å². The average molecular weight is 409 g/mol. The van der Waals surface area contributed by atoms with Crippen molar-refractivity contribution in [3.63, 3.8) is 0 Å². The molecule has 0 spiro atoms. The second-order valence-corrected chi connectivity index (χ2v) is 8.37. The molecule has 2 unspecified atom stereocenters. The largest absolute Gasteiger partial charge is 0.372 e. The lowest BCUT2D eigenvalue weighted by Crippen LogP contribution is -2.20. The first-order valence-corrected chi connectivity index (χ1v) is 9.82. The Morgan fingerprint density at radius 3 is 2.68 bits per heavy atom. The normalized spacial score (nSPS) is 23.4. The molecule has 1 aliphatic rings. The van der Waals surface area contributed by atoms with Gasteiger partial charge in [0.05, 0.1) is 14.5 Å². The molecular formula is C13H20IN3S2. The third-order valence-corrected chi connectivity index (χ3v) is 7.32. The number of hydrogen-bond acceptors (Lipinski definition) is 5. The number of rotatable bonds is 4. The Kier molecular flexibility index (Phi) is 6.08. The molecule has 0 aliphatic carbocycles. The van der Waals surface area contributed by atoms with Crippen LogP contribution in [-0.4, -0.2) is 33.8 Å². The molecule has 19 heavy (non-hydrogen) atoms. The smallest absolute Gasteiger partial charge is 0.145 e. The Hall–Kier alpha value is 0.310. The number of thioether (sulfide) groups is 2. The van der Waals surface area contributed by atoms with Crippen molar-refractivity contribution < 1.29 is 0 Å². The van der Waals surface area contributed by atoms with E-state index in [0.717, 1.165) is 24.5 Å². The number of nitrogens with zero attached hydrogens (tertiary/aromatic N) is 2. The molecule has 1 aromatic rings. The van der Waals surface area contributed by atoms with Crippen LogP contribution in [0.2, 0.25) is 0 Å². The van der Waals surface area contributed by atoms with Crippen LogP contribution in [0.25, 0.3) is 0 Å². The summed E-state index contributed by atoms with van der Waals surface area (Å²) >= 11 is 6.39. The summed E-state index contributed by atoms with van der Waals surface area (Å²) in [5, 5.41) is 4.24. The molecule has 6 heteroatoms. The lowest BCUT2D eigenvalue weighted by molar-refractivity contribution is 0.783. The van der Waals surface area contributed by atoms with Crippen molar-refractivity contribution in [2.75, 3.05) is 23.9 Å². The zero-order valence-electron chi connectivity index (χ0n) is 11.6. The van der Waals surface area contributed by atoms with Crippen LogP contribution in [0.3, 0.4) is 0 Å². The summed E-state index contributed by atoms with van der Waals surface area (Å²) in [7, 11) is 1.94. The summed E-state index contributed by atoms with van der Waals surface area (Å²) in [6.07, 6.45) is 2.15. The van der Waals surface area contributed by atoms with Crippen LogP contribution in [0.1, 0.15) is 37.0 Å². The van der Waals surface area contributed by atoms with Gasteiger partial charge in [-0.25, -0.2) is 9.97 Å². The molecule has 0 bridgehead atoms. The van der Waals surface area contributed by atoms with E-state index in [-0.39, 0.29) is 0 Å². The highest BCUT2D eigenvalue weighted by molar-refractivity contribution is 14.1. The SMILES string of the molecule is CCCc1nc(C2SCCSC2C)nc(NC)c1I. The molecule has 0 saturated carbocycles.